The molecule has 1 aliphatic heterocycles. The molecule has 1 saturated heterocycles. The number of likely N-dealkylation sites (tertiary alicyclic amines) is 1. The molecule has 0 spiro atoms. The first-order chi connectivity index (χ1) is 11.7. The summed E-state index contributed by atoms with van der Waals surface area (Å²) in [5.74, 6) is -0.302. The zero-order valence-electron chi connectivity index (χ0n) is 14.1. The largest absolute Gasteiger partial charge is 0.434 e. The maximum absolute atomic E-state index is 12.9. The number of hydrogen-bond donors (Lipinski definition) is 0. The Balaban J connectivity index is 1.85. The molecule has 2 aromatic heterocycles. The van der Waals surface area contributed by atoms with E-state index in [2.05, 4.69) is 4.98 Å². The number of piperidine rings is 1. The lowest BCUT2D eigenvalue weighted by molar-refractivity contribution is -0.140. The van der Waals surface area contributed by atoms with Crippen LogP contribution in [-0.2, 0) is 10.9 Å². The Morgan fingerprint density at radius 2 is 2.04 bits per heavy atom. The van der Waals surface area contributed by atoms with Gasteiger partial charge in [-0.2, -0.15) is 13.2 Å². The lowest BCUT2D eigenvalue weighted by Gasteiger charge is -2.39. The van der Waals surface area contributed by atoms with Gasteiger partial charge in [0.2, 0.25) is 0 Å². The van der Waals surface area contributed by atoms with Gasteiger partial charge in [-0.3, -0.25) is 4.79 Å². The standard InChI is InChI=1S/C17H20F3N3O2/c1-3-25-16(2)6-9-22(10-7-16)15(24)12-5-4-8-23-11-13(17(18,19)20)21-14(12)23/h4-5,8,11H,3,6-7,9-10H2,1-2H3. The van der Waals surface area contributed by atoms with Gasteiger partial charge in [-0.05, 0) is 38.8 Å². The van der Waals surface area contributed by atoms with Gasteiger partial charge in [0.15, 0.2) is 5.69 Å². The van der Waals surface area contributed by atoms with E-state index in [1.54, 1.807) is 11.0 Å². The molecule has 136 valence electrons. The van der Waals surface area contributed by atoms with Gasteiger partial charge in [-0.15, -0.1) is 0 Å². The fourth-order valence-corrected chi connectivity index (χ4v) is 3.16. The van der Waals surface area contributed by atoms with Crippen molar-refractivity contribution in [1.82, 2.24) is 14.3 Å². The fourth-order valence-electron chi connectivity index (χ4n) is 3.16. The average molecular weight is 355 g/mol. The van der Waals surface area contributed by atoms with E-state index < -0.39 is 11.9 Å². The SMILES string of the molecule is CCOC1(C)CCN(C(=O)c2cccn3cc(C(F)(F)F)nc23)CC1. The minimum atomic E-state index is -4.54. The number of nitrogens with zero attached hydrogens (tertiary/aromatic N) is 3. The zero-order chi connectivity index (χ0) is 18.2. The molecule has 0 N–H and O–H groups in total. The van der Waals surface area contributed by atoms with Crippen LogP contribution in [0, 0.1) is 0 Å². The number of alkyl halides is 3. The summed E-state index contributed by atoms with van der Waals surface area (Å²) in [4.78, 5) is 18.1. The van der Waals surface area contributed by atoms with E-state index in [1.807, 2.05) is 13.8 Å². The van der Waals surface area contributed by atoms with E-state index in [9.17, 15) is 18.0 Å². The monoisotopic (exact) mass is 355 g/mol. The molecule has 0 atom stereocenters. The molecule has 3 rings (SSSR count). The first-order valence-corrected chi connectivity index (χ1v) is 8.22. The van der Waals surface area contributed by atoms with Crippen molar-refractivity contribution in [3.63, 3.8) is 0 Å². The molecular weight excluding hydrogens is 335 g/mol. The maximum Gasteiger partial charge on any atom is 0.434 e. The maximum atomic E-state index is 12.9. The van der Waals surface area contributed by atoms with Crippen LogP contribution in [0.5, 0.6) is 0 Å². The highest BCUT2D eigenvalue weighted by molar-refractivity contribution is 5.99. The number of imidazole rings is 1. The molecular formula is C17H20F3N3O2. The van der Waals surface area contributed by atoms with Gasteiger partial charge >= 0.3 is 6.18 Å². The van der Waals surface area contributed by atoms with Crippen LogP contribution in [0.2, 0.25) is 0 Å². The number of pyridine rings is 1. The lowest BCUT2D eigenvalue weighted by atomic mass is 9.93. The van der Waals surface area contributed by atoms with Crippen molar-refractivity contribution in [2.24, 2.45) is 0 Å². The van der Waals surface area contributed by atoms with Crippen molar-refractivity contribution in [1.29, 1.82) is 0 Å². The normalized spacial score (nSPS) is 17.9. The molecule has 25 heavy (non-hydrogen) atoms. The third kappa shape index (κ3) is 3.49. The summed E-state index contributed by atoms with van der Waals surface area (Å²) >= 11 is 0. The van der Waals surface area contributed by atoms with Crippen LogP contribution in [0.4, 0.5) is 13.2 Å². The first kappa shape index (κ1) is 17.7. The third-order valence-corrected chi connectivity index (χ3v) is 4.60. The highest BCUT2D eigenvalue weighted by Gasteiger charge is 2.36. The first-order valence-electron chi connectivity index (χ1n) is 8.22. The molecule has 1 fully saturated rings. The topological polar surface area (TPSA) is 46.8 Å². The molecule has 5 nitrogen and oxygen atoms in total. The zero-order valence-corrected chi connectivity index (χ0v) is 14.1. The van der Waals surface area contributed by atoms with Gasteiger partial charge in [0.05, 0.1) is 11.2 Å². The number of carbonyl (C=O) groups excluding carboxylic acids is 1. The number of amides is 1. The number of ether oxygens (including phenoxy) is 1. The van der Waals surface area contributed by atoms with E-state index >= 15 is 0 Å². The number of fused-ring (bicyclic) bond motifs is 1. The van der Waals surface area contributed by atoms with Crippen molar-refractivity contribution < 1.29 is 22.7 Å². The summed E-state index contributed by atoms with van der Waals surface area (Å²) < 4.78 is 45.6. The predicted octanol–water partition coefficient (Wildman–Crippen LogP) is 3.38. The van der Waals surface area contributed by atoms with E-state index in [4.69, 9.17) is 4.74 Å². The molecule has 0 aromatic carbocycles. The van der Waals surface area contributed by atoms with Crippen molar-refractivity contribution >= 4 is 11.6 Å². The fraction of sp³-hybridized carbons (Fsp3) is 0.529. The summed E-state index contributed by atoms with van der Waals surface area (Å²) in [6.07, 6.45) is -0.808. The number of hydrogen-bond acceptors (Lipinski definition) is 3. The van der Waals surface area contributed by atoms with Gasteiger partial charge in [0.25, 0.3) is 5.91 Å². The summed E-state index contributed by atoms with van der Waals surface area (Å²) in [5.41, 5.74) is -1.06. The van der Waals surface area contributed by atoms with Gasteiger partial charge < -0.3 is 14.0 Å². The van der Waals surface area contributed by atoms with E-state index in [-0.39, 0.29) is 22.7 Å². The number of carbonyl (C=O) groups is 1. The number of aromatic nitrogens is 2. The Kier molecular flexibility index (Phi) is 4.49. The van der Waals surface area contributed by atoms with Crippen LogP contribution in [-0.4, -0.2) is 45.5 Å². The van der Waals surface area contributed by atoms with Gasteiger partial charge in [-0.25, -0.2) is 4.98 Å². The quantitative estimate of drug-likeness (QED) is 0.848. The Hall–Kier alpha value is -2.09. The molecule has 8 heteroatoms. The molecule has 1 aliphatic rings. The molecule has 1 amide bonds. The Morgan fingerprint density at radius 3 is 2.64 bits per heavy atom. The van der Waals surface area contributed by atoms with Crippen LogP contribution < -0.4 is 0 Å². The second-order valence-electron chi connectivity index (χ2n) is 6.45. The molecule has 0 unspecified atom stereocenters. The van der Waals surface area contributed by atoms with Gasteiger partial charge in [0, 0.05) is 32.1 Å². The summed E-state index contributed by atoms with van der Waals surface area (Å²) in [6, 6.07) is 3.07. The minimum absolute atomic E-state index is 0.0259. The highest BCUT2D eigenvalue weighted by atomic mass is 19.4. The van der Waals surface area contributed by atoms with Gasteiger partial charge in [-0.1, -0.05) is 0 Å². The second-order valence-corrected chi connectivity index (χ2v) is 6.45. The summed E-state index contributed by atoms with van der Waals surface area (Å²) in [7, 11) is 0. The molecule has 2 aromatic rings. The highest BCUT2D eigenvalue weighted by Crippen LogP contribution is 2.30. The molecule has 3 heterocycles. The molecule has 0 radical (unpaired) electrons. The number of halogens is 3. The van der Waals surface area contributed by atoms with E-state index in [1.165, 1.54) is 16.7 Å². The second kappa shape index (κ2) is 6.33. The summed E-state index contributed by atoms with van der Waals surface area (Å²) in [5, 5.41) is 0. The van der Waals surface area contributed by atoms with Crippen LogP contribution in [0.15, 0.2) is 24.5 Å². The number of rotatable bonds is 3. The third-order valence-electron chi connectivity index (χ3n) is 4.60. The van der Waals surface area contributed by atoms with Crippen LogP contribution >= 0.6 is 0 Å². The van der Waals surface area contributed by atoms with Crippen molar-refractivity contribution in [3.8, 4) is 0 Å². The van der Waals surface area contributed by atoms with Gasteiger partial charge in [0.1, 0.15) is 5.65 Å². The van der Waals surface area contributed by atoms with Crippen molar-refractivity contribution in [2.75, 3.05) is 19.7 Å². The Bertz CT molecular complexity index is 777. The molecule has 0 saturated carbocycles. The lowest BCUT2D eigenvalue weighted by Crippen LogP contribution is -2.46. The van der Waals surface area contributed by atoms with Crippen molar-refractivity contribution in [3.05, 3.63) is 35.8 Å². The van der Waals surface area contributed by atoms with Crippen LogP contribution in [0.1, 0.15) is 42.7 Å². The minimum Gasteiger partial charge on any atom is -0.375 e. The van der Waals surface area contributed by atoms with Crippen molar-refractivity contribution in [2.45, 2.75) is 38.5 Å². The smallest absolute Gasteiger partial charge is 0.375 e. The van der Waals surface area contributed by atoms with Crippen LogP contribution in [0.25, 0.3) is 5.65 Å². The van der Waals surface area contributed by atoms with E-state index in [0.29, 0.717) is 32.5 Å². The molecule has 0 bridgehead atoms. The molecule has 0 aliphatic carbocycles. The Morgan fingerprint density at radius 1 is 1.36 bits per heavy atom. The Labute approximate surface area is 143 Å². The average Bonchev–Trinajstić information content (AvgIpc) is 2.99. The predicted molar refractivity (Wildman–Crippen MR) is 85.4 cm³/mol. The summed E-state index contributed by atoms with van der Waals surface area (Å²) in [6.45, 7) is 5.56. The van der Waals surface area contributed by atoms with Crippen LogP contribution in [0.3, 0.4) is 0 Å². The van der Waals surface area contributed by atoms with E-state index in [0.717, 1.165) is 6.20 Å².